The quantitative estimate of drug-likeness (QED) is 0.713. The third-order valence-electron chi connectivity index (χ3n) is 3.76. The Bertz CT molecular complexity index is 971. The second-order valence-corrected chi connectivity index (χ2v) is 5.40. The lowest BCUT2D eigenvalue weighted by Gasteiger charge is -2.13. The number of nitrogens with one attached hydrogen (secondary N) is 1. The largest absolute Gasteiger partial charge is 0.493 e. The highest BCUT2D eigenvalue weighted by molar-refractivity contribution is 5.91. The van der Waals surface area contributed by atoms with Crippen LogP contribution >= 0.6 is 0 Å². The number of rotatable bonds is 6. The van der Waals surface area contributed by atoms with Crippen molar-refractivity contribution >= 4 is 16.6 Å². The number of hydrogen-bond donors (Lipinski definition) is 1. The molecule has 0 fully saturated rings. The van der Waals surface area contributed by atoms with Crippen LogP contribution in [0.15, 0.2) is 48.5 Å². The van der Waals surface area contributed by atoms with Gasteiger partial charge in [-0.15, -0.1) is 0 Å². The Morgan fingerprint density at radius 2 is 1.96 bits per heavy atom. The highest BCUT2D eigenvalue weighted by Gasteiger charge is 2.12. The maximum absolute atomic E-state index is 12.5. The number of nitrogens with zero attached hydrogens (tertiary/aromatic N) is 2. The molecule has 7 heteroatoms. The first kappa shape index (κ1) is 17.4. The van der Waals surface area contributed by atoms with E-state index in [1.54, 1.807) is 18.2 Å². The van der Waals surface area contributed by atoms with Gasteiger partial charge in [-0.25, -0.2) is 4.98 Å². The van der Waals surface area contributed by atoms with Gasteiger partial charge in [-0.1, -0.05) is 24.3 Å². The monoisotopic (exact) mass is 355 g/mol. The van der Waals surface area contributed by atoms with E-state index in [1.807, 2.05) is 30.3 Å². The molecule has 0 aliphatic carbocycles. The maximum Gasteiger partial charge on any atom is 0.387 e. The van der Waals surface area contributed by atoms with Gasteiger partial charge in [-0.2, -0.15) is 14.0 Å². The number of aromatic nitrogens is 1. The molecule has 0 atom stereocenters. The molecule has 0 radical (unpaired) electrons. The molecule has 2 aromatic carbocycles. The molecule has 0 unspecified atom stereocenters. The Labute approximate surface area is 148 Å². The summed E-state index contributed by atoms with van der Waals surface area (Å²) in [4.78, 5) is 4.26. The van der Waals surface area contributed by atoms with Crippen molar-refractivity contribution in [3.05, 3.63) is 59.8 Å². The molecule has 26 heavy (non-hydrogen) atoms. The van der Waals surface area contributed by atoms with E-state index in [9.17, 15) is 8.78 Å². The zero-order valence-corrected chi connectivity index (χ0v) is 13.9. The average Bonchev–Trinajstić information content (AvgIpc) is 2.65. The predicted octanol–water partition coefficient (Wildman–Crippen LogP) is 4.33. The van der Waals surface area contributed by atoms with Gasteiger partial charge in [0.05, 0.1) is 12.6 Å². The molecular formula is C19H15F2N3O2. The van der Waals surface area contributed by atoms with Crippen LogP contribution in [0, 0.1) is 11.3 Å². The molecule has 1 heterocycles. The fourth-order valence-corrected chi connectivity index (χ4v) is 2.60. The van der Waals surface area contributed by atoms with E-state index < -0.39 is 6.61 Å². The van der Waals surface area contributed by atoms with Crippen LogP contribution in [0.2, 0.25) is 0 Å². The van der Waals surface area contributed by atoms with E-state index >= 15 is 0 Å². The van der Waals surface area contributed by atoms with Crippen molar-refractivity contribution in [1.82, 2.24) is 4.98 Å². The van der Waals surface area contributed by atoms with Crippen molar-refractivity contribution in [2.24, 2.45) is 0 Å². The number of ether oxygens (including phenoxy) is 2. The molecule has 0 saturated carbocycles. The van der Waals surface area contributed by atoms with Crippen LogP contribution in [-0.2, 0) is 6.54 Å². The highest BCUT2D eigenvalue weighted by Crippen LogP contribution is 2.30. The van der Waals surface area contributed by atoms with Gasteiger partial charge in [0, 0.05) is 17.6 Å². The average molecular weight is 355 g/mol. The highest BCUT2D eigenvalue weighted by atomic mass is 19.3. The Kier molecular flexibility index (Phi) is 5.13. The summed E-state index contributed by atoms with van der Waals surface area (Å²) in [6, 6.07) is 15.9. The van der Waals surface area contributed by atoms with E-state index in [-0.39, 0.29) is 11.5 Å². The van der Waals surface area contributed by atoms with E-state index in [0.29, 0.717) is 17.8 Å². The van der Waals surface area contributed by atoms with Gasteiger partial charge in [0.2, 0.25) is 0 Å². The van der Waals surface area contributed by atoms with Crippen LogP contribution < -0.4 is 14.8 Å². The number of para-hydroxylation sites is 1. The van der Waals surface area contributed by atoms with Crippen molar-refractivity contribution in [3.8, 4) is 17.6 Å². The Morgan fingerprint density at radius 3 is 2.69 bits per heavy atom. The van der Waals surface area contributed by atoms with Crippen LogP contribution in [0.5, 0.6) is 11.5 Å². The number of anilines is 1. The number of fused-ring (bicyclic) bond motifs is 1. The molecule has 132 valence electrons. The number of methoxy groups -OCH3 is 1. The molecule has 0 amide bonds. The molecule has 0 bridgehead atoms. The molecule has 0 aliphatic rings. The van der Waals surface area contributed by atoms with E-state index in [0.717, 1.165) is 16.6 Å². The van der Waals surface area contributed by atoms with Gasteiger partial charge >= 0.3 is 6.61 Å². The SMILES string of the molecule is COc1ccc(CNc2cc(C#N)nc3ccccc23)cc1OC(F)F. The third kappa shape index (κ3) is 3.81. The molecule has 3 aromatic rings. The molecule has 1 N–H and O–H groups in total. The first-order valence-electron chi connectivity index (χ1n) is 7.76. The number of pyridine rings is 1. The van der Waals surface area contributed by atoms with Gasteiger partial charge in [-0.3, -0.25) is 0 Å². The van der Waals surface area contributed by atoms with E-state index in [4.69, 9.17) is 10.00 Å². The van der Waals surface area contributed by atoms with Crippen molar-refractivity contribution in [3.63, 3.8) is 0 Å². The van der Waals surface area contributed by atoms with E-state index in [2.05, 4.69) is 15.0 Å². The van der Waals surface area contributed by atoms with E-state index in [1.165, 1.54) is 13.2 Å². The molecular weight excluding hydrogens is 340 g/mol. The van der Waals surface area contributed by atoms with Crippen LogP contribution in [-0.4, -0.2) is 18.7 Å². The number of benzene rings is 2. The molecule has 1 aromatic heterocycles. The summed E-state index contributed by atoms with van der Waals surface area (Å²) < 4.78 is 34.6. The third-order valence-corrected chi connectivity index (χ3v) is 3.76. The number of hydrogen-bond acceptors (Lipinski definition) is 5. The molecule has 0 aliphatic heterocycles. The predicted molar refractivity (Wildman–Crippen MR) is 93.4 cm³/mol. The van der Waals surface area contributed by atoms with Crippen LogP contribution in [0.25, 0.3) is 10.9 Å². The number of halogens is 2. The summed E-state index contributed by atoms with van der Waals surface area (Å²) in [5.74, 6) is 0.203. The normalized spacial score (nSPS) is 10.6. The van der Waals surface area contributed by atoms with Gasteiger partial charge in [0.15, 0.2) is 11.5 Å². The maximum atomic E-state index is 12.5. The Morgan fingerprint density at radius 1 is 1.15 bits per heavy atom. The van der Waals surface area contributed by atoms with Gasteiger partial charge in [0.1, 0.15) is 11.8 Å². The van der Waals surface area contributed by atoms with Gasteiger partial charge in [-0.05, 0) is 29.8 Å². The summed E-state index contributed by atoms with van der Waals surface area (Å²) in [7, 11) is 1.39. The van der Waals surface area contributed by atoms with Crippen molar-refractivity contribution in [1.29, 1.82) is 5.26 Å². The summed E-state index contributed by atoms with van der Waals surface area (Å²) in [5.41, 5.74) is 2.45. The van der Waals surface area contributed by atoms with Crippen LogP contribution in [0.1, 0.15) is 11.3 Å². The first-order valence-corrected chi connectivity index (χ1v) is 7.76. The second kappa shape index (κ2) is 7.66. The Balaban J connectivity index is 1.87. The van der Waals surface area contributed by atoms with Crippen LogP contribution in [0.3, 0.4) is 0 Å². The van der Waals surface area contributed by atoms with Crippen molar-refractivity contribution in [2.75, 3.05) is 12.4 Å². The zero-order valence-electron chi connectivity index (χ0n) is 13.9. The summed E-state index contributed by atoms with van der Waals surface area (Å²) >= 11 is 0. The zero-order chi connectivity index (χ0) is 18.5. The summed E-state index contributed by atoms with van der Waals surface area (Å²) in [6.45, 7) is -2.59. The lowest BCUT2D eigenvalue weighted by Crippen LogP contribution is -2.06. The molecule has 0 spiro atoms. The first-order chi connectivity index (χ1) is 12.6. The fraction of sp³-hybridized carbons (Fsp3) is 0.158. The molecule has 0 saturated heterocycles. The number of alkyl halides is 2. The van der Waals surface area contributed by atoms with Gasteiger partial charge < -0.3 is 14.8 Å². The van der Waals surface area contributed by atoms with Crippen molar-refractivity contribution < 1.29 is 18.3 Å². The minimum atomic E-state index is -2.94. The van der Waals surface area contributed by atoms with Crippen molar-refractivity contribution in [2.45, 2.75) is 13.2 Å². The molecule has 5 nitrogen and oxygen atoms in total. The standard InChI is InChI=1S/C19H15F2N3O2/c1-25-17-7-6-12(8-18(17)26-19(20)21)11-23-16-9-13(10-22)24-15-5-3-2-4-14(15)16/h2-9,19H,11H2,1H3,(H,23,24). The smallest absolute Gasteiger partial charge is 0.387 e. The lowest BCUT2D eigenvalue weighted by molar-refractivity contribution is -0.0512. The second-order valence-electron chi connectivity index (χ2n) is 5.40. The summed E-state index contributed by atoms with van der Waals surface area (Å²) in [5, 5.41) is 13.2. The summed E-state index contributed by atoms with van der Waals surface area (Å²) in [6.07, 6.45) is 0. The number of nitriles is 1. The minimum absolute atomic E-state index is 0.0286. The van der Waals surface area contributed by atoms with Gasteiger partial charge in [0.25, 0.3) is 0 Å². The Hall–Kier alpha value is -3.40. The molecule has 3 rings (SSSR count). The minimum Gasteiger partial charge on any atom is -0.493 e. The lowest BCUT2D eigenvalue weighted by atomic mass is 10.1. The fourth-order valence-electron chi connectivity index (χ4n) is 2.60. The van der Waals surface area contributed by atoms with Crippen LogP contribution in [0.4, 0.5) is 14.5 Å². The topological polar surface area (TPSA) is 67.2 Å².